The summed E-state index contributed by atoms with van der Waals surface area (Å²) in [6.45, 7) is 2.25. The molecular formula is C27H35OZr-. The summed E-state index contributed by atoms with van der Waals surface area (Å²) in [6.07, 6.45) is 29.4. The Hall–Kier alpha value is 0.0631. The molecule has 1 N–H and O–H groups in total. The van der Waals surface area contributed by atoms with E-state index in [0.29, 0.717) is 17.9 Å². The number of benzene rings is 1. The zero-order valence-electron chi connectivity index (χ0n) is 17.7. The van der Waals surface area contributed by atoms with Crippen LogP contribution in [0.5, 0.6) is 0 Å². The van der Waals surface area contributed by atoms with Crippen LogP contribution in [0, 0.1) is 76.2 Å². The number of aliphatic hydroxyl groups excluding tert-OH is 1. The van der Waals surface area contributed by atoms with E-state index in [1.165, 1.54) is 37.7 Å². The van der Waals surface area contributed by atoms with Crippen molar-refractivity contribution in [2.24, 2.45) is 5.92 Å². The number of hydrogen-bond donors (Lipinski definition) is 1. The molecule has 154 valence electrons. The van der Waals surface area contributed by atoms with E-state index in [4.69, 9.17) is 0 Å². The van der Waals surface area contributed by atoms with Gasteiger partial charge in [0.2, 0.25) is 0 Å². The van der Waals surface area contributed by atoms with E-state index in [2.05, 4.69) is 31.2 Å². The fourth-order valence-corrected chi connectivity index (χ4v) is 3.73. The van der Waals surface area contributed by atoms with Crippen molar-refractivity contribution in [3.05, 3.63) is 106 Å². The topological polar surface area (TPSA) is 20.2 Å². The molecule has 0 heterocycles. The predicted molar refractivity (Wildman–Crippen MR) is 119 cm³/mol. The molecule has 2 atom stereocenters. The molecule has 3 saturated carbocycles. The van der Waals surface area contributed by atoms with Gasteiger partial charge in [-0.2, -0.15) is 12.5 Å². The number of unbranched alkanes of at least 4 members (excludes halogenated alkanes) is 3. The van der Waals surface area contributed by atoms with Gasteiger partial charge in [0, 0.05) is 26.2 Å². The van der Waals surface area contributed by atoms with E-state index in [-0.39, 0.29) is 26.2 Å². The van der Waals surface area contributed by atoms with Crippen molar-refractivity contribution in [1.29, 1.82) is 0 Å². The minimum absolute atomic E-state index is 0. The van der Waals surface area contributed by atoms with Gasteiger partial charge in [-0.15, -0.1) is 5.92 Å². The van der Waals surface area contributed by atoms with Gasteiger partial charge in [-0.3, -0.25) is 0 Å². The molecule has 10 radical (unpaired) electrons. The Morgan fingerprint density at radius 2 is 1.31 bits per heavy atom. The van der Waals surface area contributed by atoms with Crippen LogP contribution in [-0.4, -0.2) is 5.11 Å². The first-order valence-electron chi connectivity index (χ1n) is 10.7. The van der Waals surface area contributed by atoms with Gasteiger partial charge in [0.1, 0.15) is 0 Å². The molecule has 3 aliphatic carbocycles. The monoisotopic (exact) mass is 465 g/mol. The average molecular weight is 467 g/mol. The second kappa shape index (κ2) is 17.7. The Bertz CT molecular complexity index is 441. The van der Waals surface area contributed by atoms with Gasteiger partial charge in [-0.1, -0.05) is 87.3 Å². The smallest absolute Gasteiger partial charge is 0 e. The van der Waals surface area contributed by atoms with Crippen molar-refractivity contribution in [1.82, 2.24) is 0 Å². The van der Waals surface area contributed by atoms with Gasteiger partial charge in [-0.25, -0.2) is 0 Å². The van der Waals surface area contributed by atoms with E-state index in [9.17, 15) is 5.11 Å². The minimum atomic E-state index is 0. The number of hydrogen-bond acceptors (Lipinski definition) is 1. The van der Waals surface area contributed by atoms with E-state index in [1.807, 2.05) is 70.3 Å². The van der Waals surface area contributed by atoms with Crippen LogP contribution < -0.4 is 0 Å². The van der Waals surface area contributed by atoms with E-state index in [0.717, 1.165) is 12.8 Å². The van der Waals surface area contributed by atoms with Crippen molar-refractivity contribution in [2.75, 3.05) is 0 Å². The molecule has 0 aliphatic heterocycles. The maximum Gasteiger partial charge on any atom is 0 e. The number of aliphatic hydroxyl groups is 1. The molecule has 1 aromatic carbocycles. The van der Waals surface area contributed by atoms with E-state index < -0.39 is 0 Å². The molecule has 1 nitrogen and oxygen atoms in total. The van der Waals surface area contributed by atoms with Crippen LogP contribution in [0.4, 0.5) is 0 Å². The van der Waals surface area contributed by atoms with Crippen molar-refractivity contribution in [3.8, 4) is 0 Å². The first-order chi connectivity index (χ1) is 13.8. The quantitative estimate of drug-likeness (QED) is 0.350. The molecule has 0 aromatic heterocycles. The third-order valence-corrected chi connectivity index (χ3v) is 5.25. The van der Waals surface area contributed by atoms with Crippen LogP contribution in [0.3, 0.4) is 0 Å². The molecule has 1 aromatic rings. The average Bonchev–Trinajstić information content (AvgIpc) is 3.51. The summed E-state index contributed by atoms with van der Waals surface area (Å²) in [6, 6.07) is 10.5. The standard InChI is InChI=1S/C17H25O.2C5H5.Zr/c1-2-3-4-6-9-14-12-16(17(18)13-14)15-10-7-5-8-11-15;2*1-2-4-5-3-1;/h5,7-8,10-11,14,16,18H,2-4,6,9,12-13H2,1H3;2*1-5H;/q-1;;;/t14-,16+;;;/m0.../s1. The Labute approximate surface area is 200 Å². The maximum absolute atomic E-state index is 10.1. The van der Waals surface area contributed by atoms with E-state index >= 15 is 0 Å². The first kappa shape index (κ1) is 27.1. The van der Waals surface area contributed by atoms with Gasteiger partial charge >= 0.3 is 0 Å². The second-order valence-corrected chi connectivity index (χ2v) is 7.53. The van der Waals surface area contributed by atoms with E-state index in [1.54, 1.807) is 0 Å². The van der Waals surface area contributed by atoms with Crippen molar-refractivity contribution < 1.29 is 31.3 Å². The largest absolute Gasteiger partial charge is 0.562 e. The molecule has 4 rings (SSSR count). The zero-order chi connectivity index (χ0) is 19.9. The molecule has 3 aliphatic rings. The molecule has 29 heavy (non-hydrogen) atoms. The van der Waals surface area contributed by atoms with Crippen LogP contribution >= 0.6 is 0 Å². The summed E-state index contributed by atoms with van der Waals surface area (Å²) in [5, 5.41) is 10.1. The van der Waals surface area contributed by atoms with Crippen molar-refractivity contribution in [3.63, 3.8) is 0 Å². The molecule has 0 saturated heterocycles. The fraction of sp³-hybridized carbons (Fsp3) is 0.370. The Morgan fingerprint density at radius 3 is 1.79 bits per heavy atom. The van der Waals surface area contributed by atoms with Crippen LogP contribution in [0.25, 0.3) is 0 Å². The van der Waals surface area contributed by atoms with Gasteiger partial charge < -0.3 is 5.11 Å². The van der Waals surface area contributed by atoms with Gasteiger partial charge in [-0.05, 0) is 64.2 Å². The second-order valence-electron chi connectivity index (χ2n) is 7.53. The summed E-state index contributed by atoms with van der Waals surface area (Å²) >= 11 is 0. The predicted octanol–water partition coefficient (Wildman–Crippen LogP) is 7.10. The minimum Gasteiger partial charge on any atom is -0.562 e. The number of rotatable bonds is 6. The molecule has 0 amide bonds. The summed E-state index contributed by atoms with van der Waals surface area (Å²) in [5.41, 5.74) is 1.28. The SMILES string of the molecule is CCCCCC[C@@H]1C[C-](O)[C@@H](c2ccccc2)C1.[CH]1[CH][CH][CH][CH]1.[CH]1[CH][CH][CH][CH]1.[Zr]. The summed E-state index contributed by atoms with van der Waals surface area (Å²) < 4.78 is 0. The summed E-state index contributed by atoms with van der Waals surface area (Å²) in [7, 11) is 0. The summed E-state index contributed by atoms with van der Waals surface area (Å²) in [4.78, 5) is 0. The Kier molecular flexibility index (Phi) is 16.6. The first-order valence-corrected chi connectivity index (χ1v) is 10.7. The van der Waals surface area contributed by atoms with Crippen molar-refractivity contribution >= 4 is 0 Å². The Morgan fingerprint density at radius 1 is 0.793 bits per heavy atom. The summed E-state index contributed by atoms with van der Waals surface area (Å²) in [5.74, 6) is 0.995. The molecule has 2 heteroatoms. The molecule has 3 fully saturated rings. The molecular weight excluding hydrogens is 432 g/mol. The van der Waals surface area contributed by atoms with Gasteiger partial charge in [0.25, 0.3) is 0 Å². The van der Waals surface area contributed by atoms with Crippen LogP contribution in [0.15, 0.2) is 30.3 Å². The zero-order valence-corrected chi connectivity index (χ0v) is 20.2. The third kappa shape index (κ3) is 11.9. The van der Waals surface area contributed by atoms with Crippen molar-refractivity contribution in [2.45, 2.75) is 57.8 Å². The maximum atomic E-state index is 10.1. The van der Waals surface area contributed by atoms with Crippen LogP contribution in [0.1, 0.15) is 63.4 Å². The molecule has 0 bridgehead atoms. The third-order valence-electron chi connectivity index (χ3n) is 5.25. The Balaban J connectivity index is 0.000000311. The molecule has 0 unspecified atom stereocenters. The normalized spacial score (nSPS) is 23.5. The van der Waals surface area contributed by atoms with Gasteiger partial charge in [0.15, 0.2) is 0 Å². The van der Waals surface area contributed by atoms with Gasteiger partial charge in [0.05, 0.1) is 0 Å². The molecule has 0 spiro atoms. The van der Waals surface area contributed by atoms with Crippen LogP contribution in [0.2, 0.25) is 0 Å². The van der Waals surface area contributed by atoms with Crippen LogP contribution in [-0.2, 0) is 26.2 Å². The fourth-order valence-electron chi connectivity index (χ4n) is 3.73.